The summed E-state index contributed by atoms with van der Waals surface area (Å²) in [4.78, 5) is 28.3. The molecule has 5 nitrogen and oxygen atoms in total. The van der Waals surface area contributed by atoms with Gasteiger partial charge in [0.25, 0.3) is 0 Å². The summed E-state index contributed by atoms with van der Waals surface area (Å²) in [6.07, 6.45) is 1.19. The van der Waals surface area contributed by atoms with Crippen LogP contribution in [0.4, 0.5) is 4.79 Å². The number of hydrogen-bond donors (Lipinski definition) is 0. The number of carbonyl (C=O) groups is 2. The number of fused-ring (bicyclic) bond motifs is 1. The first-order valence-electron chi connectivity index (χ1n) is 12.2. The molecule has 1 heterocycles. The van der Waals surface area contributed by atoms with E-state index >= 15 is 0 Å². The first kappa shape index (κ1) is 26.8. The van der Waals surface area contributed by atoms with Gasteiger partial charge < -0.3 is 9.64 Å². The van der Waals surface area contributed by atoms with Crippen molar-refractivity contribution in [1.82, 2.24) is 4.90 Å². The summed E-state index contributed by atoms with van der Waals surface area (Å²) in [5.41, 5.74) is 4.49. The molecule has 1 amide bonds. The minimum absolute atomic E-state index is 0.109. The molecule has 0 fully saturated rings. The Labute approximate surface area is 227 Å². The Morgan fingerprint density at radius 3 is 2.46 bits per heavy atom. The van der Waals surface area contributed by atoms with Crippen molar-refractivity contribution in [2.24, 2.45) is 0 Å². The minimum Gasteiger partial charge on any atom is -0.444 e. The monoisotopic (exact) mass is 532 g/mol. The molecule has 37 heavy (non-hydrogen) atoms. The first-order chi connectivity index (χ1) is 17.6. The van der Waals surface area contributed by atoms with E-state index in [9.17, 15) is 9.59 Å². The van der Waals surface area contributed by atoms with E-state index in [0.717, 1.165) is 16.9 Å². The van der Waals surface area contributed by atoms with Crippen molar-refractivity contribution in [1.29, 1.82) is 5.26 Å². The molecule has 7 heteroatoms. The van der Waals surface area contributed by atoms with Crippen molar-refractivity contribution in [2.75, 3.05) is 13.1 Å². The van der Waals surface area contributed by atoms with Crippen LogP contribution in [0.3, 0.4) is 0 Å². The quantitative estimate of drug-likeness (QED) is 0.259. The molecule has 0 spiro atoms. The van der Waals surface area contributed by atoms with Crippen LogP contribution < -0.4 is 0 Å². The van der Waals surface area contributed by atoms with Gasteiger partial charge in [0, 0.05) is 34.9 Å². The number of amides is 1. The Morgan fingerprint density at radius 1 is 1.03 bits per heavy atom. The molecule has 1 aliphatic heterocycles. The van der Waals surface area contributed by atoms with E-state index in [0.29, 0.717) is 47.0 Å². The third kappa shape index (κ3) is 6.74. The molecule has 0 saturated heterocycles. The largest absolute Gasteiger partial charge is 0.444 e. The molecule has 0 aliphatic carbocycles. The highest BCUT2D eigenvalue weighted by atomic mass is 35.5. The zero-order valence-corrected chi connectivity index (χ0v) is 22.8. The number of ketones is 1. The summed E-state index contributed by atoms with van der Waals surface area (Å²) in [7, 11) is 0. The van der Waals surface area contributed by atoms with Gasteiger partial charge in [-0.15, -0.1) is 11.8 Å². The molecule has 0 radical (unpaired) electrons. The van der Waals surface area contributed by atoms with Gasteiger partial charge in [-0.2, -0.15) is 5.26 Å². The molecule has 0 saturated carbocycles. The maximum Gasteiger partial charge on any atom is 0.410 e. The van der Waals surface area contributed by atoms with Crippen LogP contribution in [0.15, 0.2) is 65.6 Å². The maximum atomic E-state index is 12.8. The van der Waals surface area contributed by atoms with Crippen LogP contribution in [0.5, 0.6) is 0 Å². The van der Waals surface area contributed by atoms with Gasteiger partial charge in [-0.25, -0.2) is 4.79 Å². The number of hydrogen-bond acceptors (Lipinski definition) is 5. The van der Waals surface area contributed by atoms with Crippen molar-refractivity contribution in [2.45, 2.75) is 49.9 Å². The summed E-state index contributed by atoms with van der Waals surface area (Å²) in [6.45, 7) is 6.82. The third-order valence-corrected chi connectivity index (χ3v) is 7.76. The van der Waals surface area contributed by atoms with E-state index < -0.39 is 5.60 Å². The van der Waals surface area contributed by atoms with Gasteiger partial charge in [0.15, 0.2) is 5.78 Å². The Morgan fingerprint density at radius 2 is 1.76 bits per heavy atom. The Hall–Kier alpha value is -3.27. The lowest BCUT2D eigenvalue weighted by molar-refractivity contribution is 0.0258. The predicted octanol–water partition coefficient (Wildman–Crippen LogP) is 7.07. The lowest BCUT2D eigenvalue weighted by Crippen LogP contribution is -2.38. The summed E-state index contributed by atoms with van der Waals surface area (Å²) >= 11 is 8.30. The van der Waals surface area contributed by atoms with Gasteiger partial charge in [-0.1, -0.05) is 54.1 Å². The van der Waals surface area contributed by atoms with Crippen molar-refractivity contribution in [3.63, 3.8) is 0 Å². The summed E-state index contributed by atoms with van der Waals surface area (Å²) in [5, 5.41) is 9.80. The van der Waals surface area contributed by atoms with E-state index in [1.165, 1.54) is 11.1 Å². The van der Waals surface area contributed by atoms with Gasteiger partial charge in [-0.05, 0) is 68.5 Å². The van der Waals surface area contributed by atoms with Crippen LogP contribution in [0.2, 0.25) is 5.02 Å². The number of ether oxygens (including phenoxy) is 1. The van der Waals surface area contributed by atoms with E-state index in [2.05, 4.69) is 12.1 Å². The molecule has 1 aliphatic rings. The number of nitriles is 1. The Kier molecular flexibility index (Phi) is 8.26. The normalized spacial score (nSPS) is 13.3. The van der Waals surface area contributed by atoms with E-state index in [1.54, 1.807) is 40.9 Å². The topological polar surface area (TPSA) is 70.4 Å². The molecule has 3 aromatic carbocycles. The Bertz CT molecular complexity index is 1360. The van der Waals surface area contributed by atoms with E-state index in [-0.39, 0.29) is 11.9 Å². The zero-order chi connectivity index (χ0) is 26.6. The fraction of sp³-hybridized carbons (Fsp3) is 0.300. The number of thioether (sulfide) groups is 1. The second kappa shape index (κ2) is 11.4. The lowest BCUT2D eigenvalue weighted by Gasteiger charge is -2.26. The fourth-order valence-corrected chi connectivity index (χ4v) is 5.69. The highest BCUT2D eigenvalue weighted by Crippen LogP contribution is 2.36. The number of benzene rings is 3. The van der Waals surface area contributed by atoms with E-state index in [4.69, 9.17) is 21.6 Å². The van der Waals surface area contributed by atoms with Gasteiger partial charge in [-0.3, -0.25) is 4.79 Å². The van der Waals surface area contributed by atoms with Crippen LogP contribution in [0.25, 0.3) is 0 Å². The molecular formula is C30H29ClN2O3S. The third-order valence-electron chi connectivity index (χ3n) is 6.10. The number of carbonyl (C=O) groups excluding carboxylic acids is 2. The van der Waals surface area contributed by atoms with Crippen LogP contribution >= 0.6 is 23.4 Å². The van der Waals surface area contributed by atoms with Crippen LogP contribution in [0.1, 0.15) is 58.9 Å². The summed E-state index contributed by atoms with van der Waals surface area (Å²) in [6, 6.07) is 20.3. The van der Waals surface area contributed by atoms with Crippen molar-refractivity contribution in [3.8, 4) is 6.07 Å². The summed E-state index contributed by atoms with van der Waals surface area (Å²) in [5.74, 6) is 0.590. The summed E-state index contributed by atoms with van der Waals surface area (Å²) < 4.78 is 5.57. The first-order valence-corrected chi connectivity index (χ1v) is 13.6. The molecule has 0 N–H and O–H groups in total. The fourth-order valence-electron chi connectivity index (χ4n) is 4.23. The highest BCUT2D eigenvalue weighted by molar-refractivity contribution is 7.98. The van der Waals surface area contributed by atoms with Gasteiger partial charge in [0.2, 0.25) is 0 Å². The molecule has 0 unspecified atom stereocenters. The second-order valence-electron chi connectivity index (χ2n) is 9.99. The maximum absolute atomic E-state index is 12.8. The predicted molar refractivity (Wildman–Crippen MR) is 147 cm³/mol. The average molecular weight is 533 g/mol. The molecule has 190 valence electrons. The zero-order valence-electron chi connectivity index (χ0n) is 21.2. The van der Waals surface area contributed by atoms with Crippen LogP contribution in [0, 0.1) is 11.3 Å². The van der Waals surface area contributed by atoms with Crippen LogP contribution in [-0.4, -0.2) is 35.5 Å². The van der Waals surface area contributed by atoms with Crippen molar-refractivity contribution in [3.05, 3.63) is 99.1 Å². The Balaban J connectivity index is 1.44. The van der Waals surface area contributed by atoms with Crippen molar-refractivity contribution < 1.29 is 14.3 Å². The molecule has 0 atom stereocenters. The number of nitrogens with zero attached hydrogens (tertiary/aromatic N) is 2. The number of rotatable bonds is 5. The lowest BCUT2D eigenvalue weighted by atomic mass is 10.0. The smallest absolute Gasteiger partial charge is 0.410 e. The average Bonchev–Trinajstić information content (AvgIpc) is 3.10. The minimum atomic E-state index is -0.526. The van der Waals surface area contributed by atoms with Crippen molar-refractivity contribution >= 4 is 35.2 Å². The molecular weight excluding hydrogens is 504 g/mol. The van der Waals surface area contributed by atoms with Crippen LogP contribution in [-0.2, 0) is 23.3 Å². The van der Waals surface area contributed by atoms with E-state index in [1.807, 2.05) is 51.1 Å². The molecule has 0 bridgehead atoms. The van der Waals surface area contributed by atoms with Gasteiger partial charge in [0.05, 0.1) is 16.7 Å². The SMILES string of the molecule is CC(C)(C)OC(=O)N1CCc2ccc(Cl)c(SCc3ccc(C(=O)c4cccc(C#N)c4)cc3)c2CC1. The highest BCUT2D eigenvalue weighted by Gasteiger charge is 2.25. The molecule has 3 aromatic rings. The molecule has 0 aromatic heterocycles. The second-order valence-corrected chi connectivity index (χ2v) is 11.4. The standard InChI is InChI=1S/C30H29ClN2O3S/c1-30(2,3)36-29(35)33-15-13-22-11-12-26(31)28(25(22)14-16-33)37-19-20-7-9-23(10-8-20)27(34)24-6-4-5-21(17-24)18-32/h4-12,17H,13-16,19H2,1-3H3. The molecule has 4 rings (SSSR count). The number of halogens is 1. The van der Waals surface area contributed by atoms with Gasteiger partial charge >= 0.3 is 6.09 Å². The van der Waals surface area contributed by atoms with Gasteiger partial charge in [0.1, 0.15) is 5.60 Å².